The molecule has 6 nitrogen and oxygen atoms in total. The van der Waals surface area contributed by atoms with E-state index >= 15 is 0 Å². The van der Waals surface area contributed by atoms with E-state index in [-0.39, 0.29) is 18.6 Å². The van der Waals surface area contributed by atoms with E-state index in [9.17, 15) is 9.59 Å². The smallest absolute Gasteiger partial charge is 0.339 e. The molecule has 0 spiro atoms. The molecule has 0 radical (unpaired) electrons. The zero-order valence-electron chi connectivity index (χ0n) is 17.1. The van der Waals surface area contributed by atoms with Crippen molar-refractivity contribution >= 4 is 22.8 Å². The van der Waals surface area contributed by atoms with Crippen molar-refractivity contribution in [1.29, 1.82) is 0 Å². The Hall–Kier alpha value is -3.41. The van der Waals surface area contributed by atoms with Gasteiger partial charge in [-0.3, -0.25) is 4.79 Å². The highest BCUT2D eigenvalue weighted by Crippen LogP contribution is 2.32. The van der Waals surface area contributed by atoms with Gasteiger partial charge in [-0.25, -0.2) is 9.78 Å². The second-order valence-corrected chi connectivity index (χ2v) is 7.57. The summed E-state index contributed by atoms with van der Waals surface area (Å²) in [5.41, 5.74) is 2.55. The quantitative estimate of drug-likeness (QED) is 0.603. The summed E-state index contributed by atoms with van der Waals surface area (Å²) in [6.07, 6.45) is 2.27. The fourth-order valence-corrected chi connectivity index (χ4v) is 3.48. The van der Waals surface area contributed by atoms with Gasteiger partial charge in [-0.15, -0.1) is 0 Å². The summed E-state index contributed by atoms with van der Waals surface area (Å²) in [4.78, 5) is 29.7. The van der Waals surface area contributed by atoms with Crippen LogP contribution in [0.2, 0.25) is 0 Å². The predicted molar refractivity (Wildman–Crippen MR) is 114 cm³/mol. The van der Waals surface area contributed by atoms with E-state index < -0.39 is 5.97 Å². The summed E-state index contributed by atoms with van der Waals surface area (Å²) in [5, 5.41) is 3.51. The number of amides is 1. The molecule has 1 aromatic heterocycles. The molecular weight excluding hydrogens is 380 g/mol. The van der Waals surface area contributed by atoms with Crippen LogP contribution in [0.4, 0.5) is 0 Å². The summed E-state index contributed by atoms with van der Waals surface area (Å²) >= 11 is 0. The molecule has 4 rings (SSSR count). The minimum atomic E-state index is -0.568. The highest BCUT2D eigenvalue weighted by atomic mass is 16.5. The maximum atomic E-state index is 12.9. The number of methoxy groups -OCH3 is 1. The van der Waals surface area contributed by atoms with Crippen LogP contribution in [0, 0.1) is 5.92 Å². The van der Waals surface area contributed by atoms with Crippen molar-refractivity contribution in [2.24, 2.45) is 5.92 Å². The molecule has 3 aromatic rings. The largest absolute Gasteiger partial charge is 0.497 e. The standard InChI is InChI=1S/C24H24N2O4/c1-15(16-8-9-16)25-23(27)14-30-24(28)20-13-22(17-6-4-3-5-7-17)26-21-11-10-18(29-2)12-19(20)21/h3-7,10-13,15-16H,8-9,14H2,1-2H3,(H,25,27)/t15-/m0/s1. The van der Waals surface area contributed by atoms with E-state index in [1.54, 1.807) is 31.4 Å². The normalized spacial score (nSPS) is 14.2. The van der Waals surface area contributed by atoms with Crippen LogP contribution in [0.15, 0.2) is 54.6 Å². The van der Waals surface area contributed by atoms with Gasteiger partial charge in [0.15, 0.2) is 6.61 Å². The average Bonchev–Trinajstić information content (AvgIpc) is 3.62. The molecule has 1 aliphatic carbocycles. The van der Waals surface area contributed by atoms with Crippen LogP contribution in [-0.4, -0.2) is 36.6 Å². The molecule has 0 bridgehead atoms. The number of hydrogen-bond donors (Lipinski definition) is 1. The first kappa shape index (κ1) is 19.9. The molecule has 1 fully saturated rings. The van der Waals surface area contributed by atoms with Gasteiger partial charge in [0.25, 0.3) is 5.91 Å². The third-order valence-corrected chi connectivity index (χ3v) is 5.36. The first-order valence-electron chi connectivity index (χ1n) is 10.1. The first-order valence-corrected chi connectivity index (χ1v) is 10.1. The van der Waals surface area contributed by atoms with E-state index in [1.807, 2.05) is 37.3 Å². The Labute approximate surface area is 175 Å². The van der Waals surface area contributed by atoms with E-state index in [0.29, 0.717) is 33.8 Å². The molecule has 2 aromatic carbocycles. The molecular formula is C24H24N2O4. The highest BCUT2D eigenvalue weighted by Gasteiger charge is 2.29. The number of aromatic nitrogens is 1. The van der Waals surface area contributed by atoms with Gasteiger partial charge < -0.3 is 14.8 Å². The van der Waals surface area contributed by atoms with Gasteiger partial charge in [0.1, 0.15) is 5.75 Å². The van der Waals surface area contributed by atoms with Crippen LogP contribution >= 0.6 is 0 Å². The summed E-state index contributed by atoms with van der Waals surface area (Å²) in [6, 6.07) is 16.8. The lowest BCUT2D eigenvalue weighted by molar-refractivity contribution is -0.124. The number of fused-ring (bicyclic) bond motifs is 1. The zero-order valence-corrected chi connectivity index (χ0v) is 17.1. The Kier molecular flexibility index (Phi) is 5.65. The maximum Gasteiger partial charge on any atom is 0.339 e. The van der Waals surface area contributed by atoms with Gasteiger partial charge >= 0.3 is 5.97 Å². The lowest BCUT2D eigenvalue weighted by Gasteiger charge is -2.14. The van der Waals surface area contributed by atoms with Crippen LogP contribution in [0.5, 0.6) is 5.75 Å². The third kappa shape index (κ3) is 4.43. The number of rotatable bonds is 7. The Morgan fingerprint density at radius 3 is 2.60 bits per heavy atom. The Morgan fingerprint density at radius 1 is 1.13 bits per heavy atom. The minimum absolute atomic E-state index is 0.104. The van der Waals surface area contributed by atoms with E-state index in [2.05, 4.69) is 10.3 Å². The second kappa shape index (κ2) is 8.53. The lowest BCUT2D eigenvalue weighted by Crippen LogP contribution is -2.37. The van der Waals surface area contributed by atoms with Gasteiger partial charge in [-0.05, 0) is 49.9 Å². The number of carbonyl (C=O) groups excluding carboxylic acids is 2. The van der Waals surface area contributed by atoms with Crippen molar-refractivity contribution in [3.05, 3.63) is 60.2 Å². The number of esters is 1. The third-order valence-electron chi connectivity index (χ3n) is 5.36. The summed E-state index contributed by atoms with van der Waals surface area (Å²) in [6.45, 7) is 1.66. The Balaban J connectivity index is 1.61. The molecule has 1 atom stereocenters. The lowest BCUT2D eigenvalue weighted by atomic mass is 10.0. The summed E-state index contributed by atoms with van der Waals surface area (Å²) in [5.74, 6) is 0.292. The second-order valence-electron chi connectivity index (χ2n) is 7.57. The maximum absolute atomic E-state index is 12.9. The summed E-state index contributed by atoms with van der Waals surface area (Å²) in [7, 11) is 1.57. The van der Waals surface area contributed by atoms with Crippen LogP contribution < -0.4 is 10.1 Å². The topological polar surface area (TPSA) is 77.5 Å². The number of hydrogen-bond acceptors (Lipinski definition) is 5. The zero-order chi connectivity index (χ0) is 21.1. The minimum Gasteiger partial charge on any atom is -0.497 e. The van der Waals surface area contributed by atoms with E-state index in [1.165, 1.54) is 0 Å². The first-order chi connectivity index (χ1) is 14.5. The highest BCUT2D eigenvalue weighted by molar-refractivity contribution is 6.05. The molecule has 1 N–H and O–H groups in total. The van der Waals surface area contributed by atoms with Crippen molar-refractivity contribution in [3.63, 3.8) is 0 Å². The molecule has 6 heteroatoms. The van der Waals surface area contributed by atoms with Gasteiger partial charge in [-0.2, -0.15) is 0 Å². The molecule has 0 saturated heterocycles. The molecule has 30 heavy (non-hydrogen) atoms. The molecule has 1 saturated carbocycles. The molecule has 1 aliphatic rings. The van der Waals surface area contributed by atoms with Crippen molar-refractivity contribution < 1.29 is 19.1 Å². The van der Waals surface area contributed by atoms with Crippen molar-refractivity contribution in [2.75, 3.05) is 13.7 Å². The van der Waals surface area contributed by atoms with Crippen LogP contribution in [-0.2, 0) is 9.53 Å². The van der Waals surface area contributed by atoms with Crippen molar-refractivity contribution in [2.45, 2.75) is 25.8 Å². The van der Waals surface area contributed by atoms with Crippen molar-refractivity contribution in [1.82, 2.24) is 10.3 Å². The number of ether oxygens (including phenoxy) is 2. The van der Waals surface area contributed by atoms with E-state index in [0.717, 1.165) is 18.4 Å². The van der Waals surface area contributed by atoms with Crippen LogP contribution in [0.25, 0.3) is 22.2 Å². The van der Waals surface area contributed by atoms with Crippen LogP contribution in [0.1, 0.15) is 30.1 Å². The average molecular weight is 404 g/mol. The van der Waals surface area contributed by atoms with Gasteiger partial charge in [0, 0.05) is 17.0 Å². The monoisotopic (exact) mass is 404 g/mol. The molecule has 1 heterocycles. The molecule has 1 amide bonds. The Bertz CT molecular complexity index is 1080. The van der Waals surface area contributed by atoms with Gasteiger partial charge in [0.05, 0.1) is 23.9 Å². The molecule has 154 valence electrons. The Morgan fingerprint density at radius 2 is 1.90 bits per heavy atom. The fourth-order valence-electron chi connectivity index (χ4n) is 3.48. The number of nitrogens with one attached hydrogen (secondary N) is 1. The number of benzene rings is 2. The van der Waals surface area contributed by atoms with Gasteiger partial charge in [0.2, 0.25) is 0 Å². The number of nitrogens with zero attached hydrogens (tertiary/aromatic N) is 1. The molecule has 0 aliphatic heterocycles. The SMILES string of the molecule is COc1ccc2nc(-c3ccccc3)cc(C(=O)OCC(=O)N[C@@H](C)C3CC3)c2c1. The predicted octanol–water partition coefficient (Wildman–Crippen LogP) is 3.98. The van der Waals surface area contributed by atoms with Crippen LogP contribution in [0.3, 0.4) is 0 Å². The van der Waals surface area contributed by atoms with Crippen molar-refractivity contribution in [3.8, 4) is 17.0 Å². The summed E-state index contributed by atoms with van der Waals surface area (Å²) < 4.78 is 10.6. The molecule has 0 unspecified atom stereocenters. The van der Waals surface area contributed by atoms with E-state index in [4.69, 9.17) is 9.47 Å². The fraction of sp³-hybridized carbons (Fsp3) is 0.292. The van der Waals surface area contributed by atoms with Gasteiger partial charge in [-0.1, -0.05) is 30.3 Å². The number of pyridine rings is 1. The number of carbonyl (C=O) groups is 2.